The van der Waals surface area contributed by atoms with Crippen LogP contribution in [0.1, 0.15) is 25.3 Å². The number of nitrogens with one attached hydrogen (secondary N) is 3. The maximum atomic E-state index is 14.7. The lowest BCUT2D eigenvalue weighted by Gasteiger charge is -2.15. The molecule has 0 saturated carbocycles. The van der Waals surface area contributed by atoms with E-state index in [-0.39, 0.29) is 5.82 Å². The van der Waals surface area contributed by atoms with Crippen molar-refractivity contribution in [2.75, 3.05) is 32.8 Å². The fourth-order valence-corrected chi connectivity index (χ4v) is 5.56. The summed E-state index contributed by atoms with van der Waals surface area (Å²) in [7, 11) is 0. The second-order valence-electron chi connectivity index (χ2n) is 10.7. The Bertz CT molecular complexity index is 1890. The van der Waals surface area contributed by atoms with Crippen LogP contribution in [0.15, 0.2) is 61.1 Å². The van der Waals surface area contributed by atoms with Crippen molar-refractivity contribution in [2.24, 2.45) is 0 Å². The molecule has 0 atom stereocenters. The SMILES string of the molecule is CCNCc1cncc(-c2ccc3[nH]nc(-c4nc5c(-c6cc(F)cc(OCCN7CCCC7)c6)nccc5[nH]4)c3n2)c1. The summed E-state index contributed by atoms with van der Waals surface area (Å²) in [5.74, 6) is 0.628. The highest BCUT2D eigenvalue weighted by molar-refractivity contribution is 5.95. The van der Waals surface area contributed by atoms with Gasteiger partial charge in [0.25, 0.3) is 0 Å². The van der Waals surface area contributed by atoms with E-state index in [2.05, 4.69) is 48.4 Å². The van der Waals surface area contributed by atoms with E-state index in [1.165, 1.54) is 25.0 Å². The van der Waals surface area contributed by atoms with Gasteiger partial charge in [-0.1, -0.05) is 6.92 Å². The first kappa shape index (κ1) is 27.1. The topological polar surface area (TPSA) is 121 Å². The summed E-state index contributed by atoms with van der Waals surface area (Å²) >= 11 is 0. The lowest BCUT2D eigenvalue weighted by Crippen LogP contribution is -2.25. The number of pyridine rings is 3. The van der Waals surface area contributed by atoms with Crippen molar-refractivity contribution in [1.29, 1.82) is 0 Å². The van der Waals surface area contributed by atoms with Gasteiger partial charge in [-0.25, -0.2) is 14.4 Å². The first-order valence-corrected chi connectivity index (χ1v) is 14.7. The molecule has 6 heterocycles. The van der Waals surface area contributed by atoms with Gasteiger partial charge in [0.2, 0.25) is 0 Å². The van der Waals surface area contributed by atoms with Crippen molar-refractivity contribution in [2.45, 2.75) is 26.3 Å². The van der Waals surface area contributed by atoms with Crippen molar-refractivity contribution in [1.82, 2.24) is 45.3 Å². The summed E-state index contributed by atoms with van der Waals surface area (Å²) in [6, 6.07) is 12.5. The number of hydrogen-bond acceptors (Lipinski definition) is 8. The zero-order valence-corrected chi connectivity index (χ0v) is 23.9. The Morgan fingerprint density at radius 1 is 0.953 bits per heavy atom. The highest BCUT2D eigenvalue weighted by Gasteiger charge is 2.19. The Kier molecular flexibility index (Phi) is 7.48. The third kappa shape index (κ3) is 5.69. The number of H-pyrrole nitrogens is 2. The maximum absolute atomic E-state index is 14.7. The molecule has 1 aliphatic rings. The summed E-state index contributed by atoms with van der Waals surface area (Å²) in [6.07, 6.45) is 7.80. The zero-order valence-electron chi connectivity index (χ0n) is 23.9. The molecule has 5 aromatic heterocycles. The van der Waals surface area contributed by atoms with Crippen molar-refractivity contribution < 1.29 is 9.13 Å². The molecular formula is C32H32FN9O. The van der Waals surface area contributed by atoms with Crippen LogP contribution >= 0.6 is 0 Å². The molecule has 11 heteroatoms. The van der Waals surface area contributed by atoms with Crippen LogP contribution in [0.5, 0.6) is 5.75 Å². The minimum Gasteiger partial charge on any atom is -0.492 e. The van der Waals surface area contributed by atoms with Gasteiger partial charge >= 0.3 is 0 Å². The second kappa shape index (κ2) is 11.9. The number of aromatic nitrogens is 7. The number of ether oxygens (including phenoxy) is 1. The van der Waals surface area contributed by atoms with Gasteiger partial charge in [-0.05, 0) is 74.4 Å². The van der Waals surface area contributed by atoms with E-state index in [1.807, 2.05) is 36.7 Å². The molecule has 0 bridgehead atoms. The predicted molar refractivity (Wildman–Crippen MR) is 164 cm³/mol. The number of hydrogen-bond donors (Lipinski definition) is 3. The molecule has 7 rings (SSSR count). The fraction of sp³-hybridized carbons (Fsp3) is 0.281. The Labute approximate surface area is 247 Å². The summed E-state index contributed by atoms with van der Waals surface area (Å²) < 4.78 is 20.7. The summed E-state index contributed by atoms with van der Waals surface area (Å²) in [5.41, 5.74) is 7.37. The van der Waals surface area contributed by atoms with E-state index < -0.39 is 0 Å². The highest BCUT2D eigenvalue weighted by Crippen LogP contribution is 2.32. The number of halogens is 1. The zero-order chi connectivity index (χ0) is 29.2. The number of nitrogens with zero attached hydrogens (tertiary/aromatic N) is 6. The van der Waals surface area contributed by atoms with Crippen LogP contribution in [-0.2, 0) is 6.54 Å². The van der Waals surface area contributed by atoms with Gasteiger partial charge in [0.15, 0.2) is 11.5 Å². The molecule has 6 aromatic rings. The molecule has 0 spiro atoms. The van der Waals surface area contributed by atoms with E-state index in [0.717, 1.165) is 60.6 Å². The quantitative estimate of drug-likeness (QED) is 0.199. The molecule has 218 valence electrons. The molecule has 0 amide bonds. The van der Waals surface area contributed by atoms with Crippen molar-refractivity contribution >= 4 is 22.1 Å². The lowest BCUT2D eigenvalue weighted by atomic mass is 10.1. The van der Waals surface area contributed by atoms with Crippen LogP contribution in [-0.4, -0.2) is 72.8 Å². The highest BCUT2D eigenvalue weighted by atomic mass is 19.1. The summed E-state index contributed by atoms with van der Waals surface area (Å²) in [4.78, 5) is 24.5. The largest absolute Gasteiger partial charge is 0.492 e. The number of likely N-dealkylation sites (tertiary alicyclic amines) is 1. The van der Waals surface area contributed by atoms with E-state index >= 15 is 0 Å². The predicted octanol–water partition coefficient (Wildman–Crippen LogP) is 5.35. The van der Waals surface area contributed by atoms with Gasteiger partial charge in [0.1, 0.15) is 29.2 Å². The fourth-order valence-electron chi connectivity index (χ4n) is 5.56. The third-order valence-electron chi connectivity index (χ3n) is 7.72. The molecule has 10 nitrogen and oxygen atoms in total. The van der Waals surface area contributed by atoms with Crippen LogP contribution < -0.4 is 10.1 Å². The average molecular weight is 578 g/mol. The van der Waals surface area contributed by atoms with Crippen molar-refractivity contribution in [3.63, 3.8) is 0 Å². The van der Waals surface area contributed by atoms with Crippen LogP contribution in [0, 0.1) is 5.82 Å². The molecule has 43 heavy (non-hydrogen) atoms. The molecule has 0 unspecified atom stereocenters. The van der Waals surface area contributed by atoms with Crippen LogP contribution in [0.3, 0.4) is 0 Å². The van der Waals surface area contributed by atoms with Crippen molar-refractivity contribution in [3.8, 4) is 39.8 Å². The van der Waals surface area contributed by atoms with E-state index in [1.54, 1.807) is 6.20 Å². The number of rotatable bonds is 10. The summed E-state index contributed by atoms with van der Waals surface area (Å²) in [6.45, 7) is 7.21. The maximum Gasteiger partial charge on any atom is 0.161 e. The van der Waals surface area contributed by atoms with Gasteiger partial charge in [-0.3, -0.25) is 20.0 Å². The van der Waals surface area contributed by atoms with Gasteiger partial charge < -0.3 is 15.0 Å². The number of aromatic amines is 2. The monoisotopic (exact) mass is 577 g/mol. The first-order chi connectivity index (χ1) is 21.1. The Morgan fingerprint density at radius 2 is 1.84 bits per heavy atom. The molecule has 0 radical (unpaired) electrons. The Hall–Kier alpha value is -4.74. The third-order valence-corrected chi connectivity index (χ3v) is 7.72. The van der Waals surface area contributed by atoms with Gasteiger partial charge in [-0.15, -0.1) is 0 Å². The number of fused-ring (bicyclic) bond motifs is 2. The van der Waals surface area contributed by atoms with Gasteiger partial charge in [-0.2, -0.15) is 5.10 Å². The second-order valence-corrected chi connectivity index (χ2v) is 10.7. The minimum absolute atomic E-state index is 0.387. The molecule has 0 aliphatic carbocycles. The normalized spacial score (nSPS) is 13.8. The van der Waals surface area contributed by atoms with Crippen LogP contribution in [0.4, 0.5) is 4.39 Å². The average Bonchev–Trinajstić information content (AvgIpc) is 3.79. The van der Waals surface area contributed by atoms with Gasteiger partial charge in [0.05, 0.1) is 22.4 Å². The number of imidazole rings is 1. The Balaban J connectivity index is 1.20. The van der Waals surface area contributed by atoms with Gasteiger partial charge in [0, 0.05) is 48.9 Å². The summed E-state index contributed by atoms with van der Waals surface area (Å²) in [5, 5.41) is 10.9. The molecule has 3 N–H and O–H groups in total. The minimum atomic E-state index is -0.387. The Morgan fingerprint density at radius 3 is 2.72 bits per heavy atom. The lowest BCUT2D eigenvalue weighted by molar-refractivity contribution is 0.237. The van der Waals surface area contributed by atoms with Crippen molar-refractivity contribution in [3.05, 3.63) is 72.4 Å². The molecule has 1 saturated heterocycles. The van der Waals surface area contributed by atoms with E-state index in [9.17, 15) is 4.39 Å². The van der Waals surface area contributed by atoms with Crippen LogP contribution in [0.25, 0.3) is 56.1 Å². The van der Waals surface area contributed by atoms with E-state index in [4.69, 9.17) is 14.7 Å². The smallest absolute Gasteiger partial charge is 0.161 e. The molecule has 1 aliphatic heterocycles. The van der Waals surface area contributed by atoms with Crippen LogP contribution in [0.2, 0.25) is 0 Å². The molecular weight excluding hydrogens is 545 g/mol. The molecule has 1 fully saturated rings. The van der Waals surface area contributed by atoms with E-state index in [0.29, 0.717) is 46.2 Å². The molecule has 1 aromatic carbocycles. The standard InChI is InChI=1S/C32H32FN9O/c1-2-34-17-20-13-22(19-35-18-20)25-5-6-27-30(37-25)31(41-40-27)32-38-26-7-8-36-28(29(26)39-32)21-14-23(33)16-24(15-21)43-12-11-42-9-3-4-10-42/h5-8,13-16,18-19,34H,2-4,9-12,17H2,1H3,(H,38,39)(H,40,41). The number of benzene rings is 1. The first-order valence-electron chi connectivity index (χ1n) is 14.7.